The van der Waals surface area contributed by atoms with Crippen molar-refractivity contribution in [2.45, 2.75) is 32.2 Å². The van der Waals surface area contributed by atoms with E-state index in [4.69, 9.17) is 19.7 Å². The predicted molar refractivity (Wildman–Crippen MR) is 97.7 cm³/mol. The van der Waals surface area contributed by atoms with E-state index in [1.165, 1.54) is 9.47 Å². The average molecular weight is 384 g/mol. The number of benzene rings is 1. The van der Waals surface area contributed by atoms with Crippen LogP contribution in [0.25, 0.3) is 11.1 Å². The standard InChI is InChI=1S/C19H20N4O5/c20-9-4-11-22(12-5-10-21)17(24)14-27-18(25)8-3-13-23-15-6-1-2-7-16(15)28-19(23)26/h1-2,6-7H,3-5,8,11-14H2. The summed E-state index contributed by atoms with van der Waals surface area (Å²) in [5.41, 5.74) is 1.14. The Labute approximate surface area is 161 Å². The molecular formula is C19H20N4O5. The zero-order valence-corrected chi connectivity index (χ0v) is 15.3. The lowest BCUT2D eigenvalue weighted by Gasteiger charge is -2.20. The number of fused-ring (bicyclic) bond motifs is 1. The Morgan fingerprint density at radius 2 is 1.82 bits per heavy atom. The minimum absolute atomic E-state index is 0.0373. The maximum atomic E-state index is 12.1. The molecule has 0 saturated heterocycles. The van der Waals surface area contributed by atoms with Crippen LogP contribution < -0.4 is 5.76 Å². The Hall–Kier alpha value is -3.59. The molecule has 0 fully saturated rings. The summed E-state index contributed by atoms with van der Waals surface area (Å²) in [5.74, 6) is -1.50. The van der Waals surface area contributed by atoms with E-state index in [1.54, 1.807) is 24.3 Å². The molecule has 0 spiro atoms. The molecule has 1 heterocycles. The maximum absolute atomic E-state index is 12.1. The minimum atomic E-state index is -0.560. The molecule has 0 radical (unpaired) electrons. The van der Waals surface area contributed by atoms with Crippen molar-refractivity contribution in [3.63, 3.8) is 0 Å². The van der Waals surface area contributed by atoms with Crippen LogP contribution in [0.3, 0.4) is 0 Å². The number of amides is 1. The third-order valence-electron chi connectivity index (χ3n) is 4.03. The number of aromatic nitrogens is 1. The van der Waals surface area contributed by atoms with Crippen LogP contribution in [0.1, 0.15) is 25.7 Å². The first-order valence-corrected chi connectivity index (χ1v) is 8.82. The molecule has 9 nitrogen and oxygen atoms in total. The van der Waals surface area contributed by atoms with Gasteiger partial charge >= 0.3 is 11.7 Å². The van der Waals surface area contributed by atoms with E-state index in [2.05, 4.69) is 0 Å². The highest BCUT2D eigenvalue weighted by atomic mass is 16.5. The van der Waals surface area contributed by atoms with Crippen LogP contribution in [-0.2, 0) is 20.9 Å². The number of rotatable bonds is 10. The number of oxazole rings is 1. The lowest BCUT2D eigenvalue weighted by Crippen LogP contribution is -2.36. The fourth-order valence-corrected chi connectivity index (χ4v) is 2.64. The van der Waals surface area contributed by atoms with Crippen molar-refractivity contribution in [2.75, 3.05) is 19.7 Å². The van der Waals surface area contributed by atoms with Crippen LogP contribution in [-0.4, -0.2) is 41.0 Å². The van der Waals surface area contributed by atoms with Gasteiger partial charge in [-0.25, -0.2) is 4.79 Å². The van der Waals surface area contributed by atoms with Crippen molar-refractivity contribution in [2.24, 2.45) is 0 Å². The fourth-order valence-electron chi connectivity index (χ4n) is 2.64. The van der Waals surface area contributed by atoms with Crippen LogP contribution in [0.4, 0.5) is 0 Å². The molecule has 1 amide bonds. The molecular weight excluding hydrogens is 364 g/mol. The highest BCUT2D eigenvalue weighted by Crippen LogP contribution is 2.12. The SMILES string of the molecule is N#CCCN(CCC#N)C(=O)COC(=O)CCCn1c(=O)oc2ccccc21. The van der Waals surface area contributed by atoms with Crippen molar-refractivity contribution in [1.82, 2.24) is 9.47 Å². The Morgan fingerprint density at radius 1 is 1.14 bits per heavy atom. The number of nitrogens with zero attached hydrogens (tertiary/aromatic N) is 4. The van der Waals surface area contributed by atoms with Gasteiger partial charge in [-0.15, -0.1) is 0 Å². The molecule has 9 heteroatoms. The van der Waals surface area contributed by atoms with Gasteiger partial charge in [0.05, 0.1) is 30.5 Å². The molecule has 0 aliphatic carbocycles. The second-order valence-corrected chi connectivity index (χ2v) is 5.95. The largest absolute Gasteiger partial charge is 0.456 e. The van der Waals surface area contributed by atoms with Gasteiger partial charge in [0, 0.05) is 26.1 Å². The molecule has 1 aromatic carbocycles. The molecule has 0 aliphatic heterocycles. The van der Waals surface area contributed by atoms with Gasteiger partial charge in [0.15, 0.2) is 12.2 Å². The summed E-state index contributed by atoms with van der Waals surface area (Å²) in [6.45, 7) is 0.218. The Balaban J connectivity index is 1.79. The number of esters is 1. The molecule has 0 aliphatic rings. The molecule has 28 heavy (non-hydrogen) atoms. The third-order valence-corrected chi connectivity index (χ3v) is 4.03. The molecule has 2 aromatic rings. The summed E-state index contributed by atoms with van der Waals surface area (Å²) in [4.78, 5) is 37.1. The number of hydrogen-bond donors (Lipinski definition) is 0. The van der Waals surface area contributed by atoms with Gasteiger partial charge in [0.1, 0.15) is 0 Å². The molecule has 1 aromatic heterocycles. The number of carbonyl (C=O) groups excluding carboxylic acids is 2. The molecule has 2 rings (SSSR count). The quantitative estimate of drug-likeness (QED) is 0.568. The summed E-state index contributed by atoms with van der Waals surface area (Å²) in [6, 6.07) is 10.9. The van der Waals surface area contributed by atoms with Crippen LogP contribution in [0.2, 0.25) is 0 Å². The van der Waals surface area contributed by atoms with Crippen molar-refractivity contribution in [1.29, 1.82) is 10.5 Å². The van der Waals surface area contributed by atoms with Crippen LogP contribution in [0.5, 0.6) is 0 Å². The maximum Gasteiger partial charge on any atom is 0.419 e. The zero-order chi connectivity index (χ0) is 20.4. The van der Waals surface area contributed by atoms with Crippen LogP contribution >= 0.6 is 0 Å². The van der Waals surface area contributed by atoms with E-state index in [0.717, 1.165) is 0 Å². The minimum Gasteiger partial charge on any atom is -0.456 e. The van der Waals surface area contributed by atoms with Gasteiger partial charge < -0.3 is 14.1 Å². The average Bonchev–Trinajstić information content (AvgIpc) is 3.01. The van der Waals surface area contributed by atoms with Gasteiger partial charge in [-0.05, 0) is 18.6 Å². The van der Waals surface area contributed by atoms with Crippen molar-refractivity contribution in [3.05, 3.63) is 34.8 Å². The topological polar surface area (TPSA) is 129 Å². The third kappa shape index (κ3) is 5.71. The number of para-hydroxylation sites is 2. The second-order valence-electron chi connectivity index (χ2n) is 5.95. The van der Waals surface area contributed by atoms with Gasteiger partial charge in [0.25, 0.3) is 5.91 Å². The zero-order valence-electron chi connectivity index (χ0n) is 15.3. The number of carbonyl (C=O) groups is 2. The van der Waals surface area contributed by atoms with Crippen LogP contribution in [0, 0.1) is 22.7 Å². The van der Waals surface area contributed by atoms with Gasteiger partial charge in [-0.3, -0.25) is 14.2 Å². The summed E-state index contributed by atoms with van der Waals surface area (Å²) in [7, 11) is 0. The smallest absolute Gasteiger partial charge is 0.419 e. The van der Waals surface area contributed by atoms with Crippen molar-refractivity contribution < 1.29 is 18.7 Å². The van der Waals surface area contributed by atoms with E-state index >= 15 is 0 Å². The molecule has 0 saturated carbocycles. The first-order valence-electron chi connectivity index (χ1n) is 8.82. The molecule has 146 valence electrons. The highest BCUT2D eigenvalue weighted by molar-refractivity contribution is 5.80. The predicted octanol–water partition coefficient (Wildman–Crippen LogP) is 1.57. The monoisotopic (exact) mass is 384 g/mol. The summed E-state index contributed by atoms with van der Waals surface area (Å²) < 4.78 is 11.5. The van der Waals surface area contributed by atoms with E-state index < -0.39 is 24.2 Å². The van der Waals surface area contributed by atoms with E-state index in [1.807, 2.05) is 12.1 Å². The summed E-state index contributed by atoms with van der Waals surface area (Å²) in [5, 5.41) is 17.3. The van der Waals surface area contributed by atoms with E-state index in [0.29, 0.717) is 17.5 Å². The molecule has 0 bridgehead atoms. The number of aryl methyl sites for hydroxylation is 1. The van der Waals surface area contributed by atoms with Gasteiger partial charge in [0.2, 0.25) is 0 Å². The van der Waals surface area contributed by atoms with Gasteiger partial charge in [-0.2, -0.15) is 10.5 Å². The number of ether oxygens (including phenoxy) is 1. The van der Waals surface area contributed by atoms with E-state index in [9.17, 15) is 14.4 Å². The normalized spacial score (nSPS) is 10.2. The second kappa shape index (κ2) is 10.5. The lowest BCUT2D eigenvalue weighted by molar-refractivity contribution is -0.152. The Morgan fingerprint density at radius 3 is 2.50 bits per heavy atom. The molecule has 0 N–H and O–H groups in total. The van der Waals surface area contributed by atoms with Crippen LogP contribution in [0.15, 0.2) is 33.5 Å². The van der Waals surface area contributed by atoms with Crippen molar-refractivity contribution >= 4 is 23.0 Å². The van der Waals surface area contributed by atoms with Crippen molar-refractivity contribution in [3.8, 4) is 12.1 Å². The first-order chi connectivity index (χ1) is 13.6. The highest BCUT2D eigenvalue weighted by Gasteiger charge is 2.16. The number of nitriles is 2. The summed E-state index contributed by atoms with van der Waals surface area (Å²) >= 11 is 0. The van der Waals surface area contributed by atoms with E-state index in [-0.39, 0.29) is 38.9 Å². The Bertz CT molecular complexity index is 945. The molecule has 0 atom stereocenters. The Kier molecular flexibility index (Phi) is 7.79. The lowest BCUT2D eigenvalue weighted by atomic mass is 10.3. The number of hydrogen-bond acceptors (Lipinski definition) is 7. The molecule has 0 unspecified atom stereocenters. The summed E-state index contributed by atoms with van der Waals surface area (Å²) in [6.07, 6.45) is 0.662. The fraction of sp³-hybridized carbons (Fsp3) is 0.421. The van der Waals surface area contributed by atoms with Gasteiger partial charge in [-0.1, -0.05) is 12.1 Å². The first kappa shape index (κ1) is 20.7.